The third kappa shape index (κ3) is 4.04. The SMILES string of the molecule is O=C(O)Cn1ccc2cc(OCCCNc3ccccn3)ccc21. The maximum Gasteiger partial charge on any atom is 0.323 e. The van der Waals surface area contributed by atoms with Crippen molar-refractivity contribution in [2.45, 2.75) is 13.0 Å². The van der Waals surface area contributed by atoms with Crippen LogP contribution in [0.4, 0.5) is 5.82 Å². The van der Waals surface area contributed by atoms with Crippen LogP contribution >= 0.6 is 0 Å². The number of carboxylic acid groups (broad SMARTS) is 1. The normalized spacial score (nSPS) is 10.7. The molecule has 124 valence electrons. The molecular formula is C18H19N3O3. The second-order valence-electron chi connectivity index (χ2n) is 5.40. The summed E-state index contributed by atoms with van der Waals surface area (Å²) in [5.41, 5.74) is 0.890. The third-order valence-electron chi connectivity index (χ3n) is 3.61. The van der Waals surface area contributed by atoms with Crippen molar-refractivity contribution >= 4 is 22.7 Å². The smallest absolute Gasteiger partial charge is 0.323 e. The fraction of sp³-hybridized carbons (Fsp3) is 0.222. The van der Waals surface area contributed by atoms with Gasteiger partial charge in [-0.05, 0) is 42.8 Å². The summed E-state index contributed by atoms with van der Waals surface area (Å²) >= 11 is 0. The summed E-state index contributed by atoms with van der Waals surface area (Å²) in [5, 5.41) is 13.1. The number of pyridine rings is 1. The van der Waals surface area contributed by atoms with Crippen LogP contribution in [0.15, 0.2) is 54.9 Å². The van der Waals surface area contributed by atoms with Gasteiger partial charge in [-0.3, -0.25) is 4.79 Å². The number of hydrogen-bond donors (Lipinski definition) is 2. The summed E-state index contributed by atoms with van der Waals surface area (Å²) in [6.07, 6.45) is 4.39. The van der Waals surface area contributed by atoms with Crippen LogP contribution in [0, 0.1) is 0 Å². The summed E-state index contributed by atoms with van der Waals surface area (Å²) < 4.78 is 7.46. The Morgan fingerprint density at radius 3 is 2.96 bits per heavy atom. The minimum Gasteiger partial charge on any atom is -0.494 e. The zero-order chi connectivity index (χ0) is 16.8. The Kier molecular flexibility index (Phi) is 4.96. The predicted octanol–water partition coefficient (Wildman–Crippen LogP) is 3.00. The van der Waals surface area contributed by atoms with Gasteiger partial charge in [-0.1, -0.05) is 6.07 Å². The lowest BCUT2D eigenvalue weighted by molar-refractivity contribution is -0.137. The standard InChI is InChI=1S/C18H19N3O3/c22-18(23)13-21-10-7-14-12-15(5-6-16(14)21)24-11-3-9-20-17-4-1-2-8-19-17/h1-2,4-8,10,12H,3,9,11,13H2,(H,19,20)(H,22,23). The van der Waals surface area contributed by atoms with Gasteiger partial charge in [0, 0.05) is 29.8 Å². The van der Waals surface area contributed by atoms with Crippen LogP contribution in [0.2, 0.25) is 0 Å². The molecule has 2 aromatic heterocycles. The molecule has 0 radical (unpaired) electrons. The topological polar surface area (TPSA) is 76.4 Å². The highest BCUT2D eigenvalue weighted by Crippen LogP contribution is 2.22. The molecule has 0 atom stereocenters. The molecule has 0 saturated carbocycles. The summed E-state index contributed by atoms with van der Waals surface area (Å²) in [6, 6.07) is 13.3. The number of hydrogen-bond acceptors (Lipinski definition) is 4. The molecule has 2 heterocycles. The van der Waals surface area contributed by atoms with Crippen molar-refractivity contribution in [2.75, 3.05) is 18.5 Å². The van der Waals surface area contributed by atoms with E-state index >= 15 is 0 Å². The highest BCUT2D eigenvalue weighted by molar-refractivity contribution is 5.83. The molecule has 0 aliphatic rings. The van der Waals surface area contributed by atoms with Gasteiger partial charge in [-0.25, -0.2) is 4.98 Å². The average Bonchev–Trinajstić information content (AvgIpc) is 2.97. The number of ether oxygens (including phenoxy) is 1. The Bertz CT molecular complexity index is 815. The van der Waals surface area contributed by atoms with Gasteiger partial charge < -0.3 is 19.7 Å². The van der Waals surface area contributed by atoms with Gasteiger partial charge in [0.2, 0.25) is 0 Å². The predicted molar refractivity (Wildman–Crippen MR) is 92.4 cm³/mol. The van der Waals surface area contributed by atoms with E-state index in [4.69, 9.17) is 9.84 Å². The van der Waals surface area contributed by atoms with E-state index in [2.05, 4.69) is 10.3 Å². The van der Waals surface area contributed by atoms with Crippen LogP contribution in [0.25, 0.3) is 10.9 Å². The van der Waals surface area contributed by atoms with E-state index in [9.17, 15) is 4.79 Å². The summed E-state index contributed by atoms with van der Waals surface area (Å²) in [4.78, 5) is 15.0. The Morgan fingerprint density at radius 2 is 2.17 bits per heavy atom. The first-order valence-electron chi connectivity index (χ1n) is 7.81. The summed E-state index contributed by atoms with van der Waals surface area (Å²) in [5.74, 6) is 0.792. The largest absolute Gasteiger partial charge is 0.494 e. The van der Waals surface area contributed by atoms with E-state index in [-0.39, 0.29) is 6.54 Å². The molecule has 0 aliphatic heterocycles. The summed E-state index contributed by atoms with van der Waals surface area (Å²) in [6.45, 7) is 1.35. The van der Waals surface area contributed by atoms with E-state index in [1.165, 1.54) is 0 Å². The van der Waals surface area contributed by atoms with Gasteiger partial charge in [0.05, 0.1) is 6.61 Å². The second kappa shape index (κ2) is 7.50. The Labute approximate surface area is 139 Å². The lowest BCUT2D eigenvalue weighted by atomic mass is 10.2. The number of rotatable bonds is 8. The van der Waals surface area contributed by atoms with Gasteiger partial charge in [-0.15, -0.1) is 0 Å². The number of benzene rings is 1. The molecule has 3 aromatic rings. The van der Waals surface area contributed by atoms with Crippen LogP contribution in [0.1, 0.15) is 6.42 Å². The van der Waals surface area contributed by atoms with E-state index in [1.807, 2.05) is 42.5 Å². The molecule has 0 aliphatic carbocycles. The number of carbonyl (C=O) groups is 1. The minimum absolute atomic E-state index is 0.0388. The Morgan fingerprint density at radius 1 is 1.25 bits per heavy atom. The van der Waals surface area contributed by atoms with Gasteiger partial charge >= 0.3 is 5.97 Å². The van der Waals surface area contributed by atoms with Gasteiger partial charge in [0.15, 0.2) is 0 Å². The van der Waals surface area contributed by atoms with Crippen LogP contribution < -0.4 is 10.1 Å². The van der Waals surface area contributed by atoms with E-state index < -0.39 is 5.97 Å². The van der Waals surface area contributed by atoms with E-state index in [0.29, 0.717) is 6.61 Å². The van der Waals surface area contributed by atoms with Gasteiger partial charge in [-0.2, -0.15) is 0 Å². The monoisotopic (exact) mass is 325 g/mol. The number of fused-ring (bicyclic) bond motifs is 1. The van der Waals surface area contributed by atoms with Crippen LogP contribution in [0.5, 0.6) is 5.75 Å². The van der Waals surface area contributed by atoms with Crippen molar-refractivity contribution in [1.29, 1.82) is 0 Å². The molecule has 6 nitrogen and oxygen atoms in total. The molecule has 0 bridgehead atoms. The highest BCUT2D eigenvalue weighted by Gasteiger charge is 2.05. The zero-order valence-electron chi connectivity index (χ0n) is 13.2. The lowest BCUT2D eigenvalue weighted by Crippen LogP contribution is -2.08. The molecule has 3 rings (SSSR count). The molecule has 1 aromatic carbocycles. The molecule has 0 saturated heterocycles. The molecular weight excluding hydrogens is 306 g/mol. The minimum atomic E-state index is -0.853. The molecule has 2 N–H and O–H groups in total. The van der Waals surface area contributed by atoms with Crippen molar-refractivity contribution in [3.63, 3.8) is 0 Å². The quantitative estimate of drug-likeness (QED) is 0.623. The van der Waals surface area contributed by atoms with E-state index in [1.54, 1.807) is 17.0 Å². The van der Waals surface area contributed by atoms with Crippen LogP contribution in [-0.4, -0.2) is 33.8 Å². The number of aliphatic carboxylic acids is 1. The number of nitrogens with zero attached hydrogens (tertiary/aromatic N) is 2. The van der Waals surface area contributed by atoms with Crippen molar-refractivity contribution in [3.05, 3.63) is 54.9 Å². The number of carboxylic acids is 1. The molecule has 6 heteroatoms. The number of anilines is 1. The zero-order valence-corrected chi connectivity index (χ0v) is 13.2. The Hall–Kier alpha value is -3.02. The fourth-order valence-electron chi connectivity index (χ4n) is 2.50. The van der Waals surface area contributed by atoms with Crippen LogP contribution in [-0.2, 0) is 11.3 Å². The Balaban J connectivity index is 1.49. The first-order chi connectivity index (χ1) is 11.7. The van der Waals surface area contributed by atoms with Crippen molar-refractivity contribution in [2.24, 2.45) is 0 Å². The molecule has 0 fully saturated rings. The van der Waals surface area contributed by atoms with Crippen molar-refractivity contribution in [1.82, 2.24) is 9.55 Å². The molecule has 0 unspecified atom stereocenters. The van der Waals surface area contributed by atoms with Crippen molar-refractivity contribution < 1.29 is 14.6 Å². The molecule has 24 heavy (non-hydrogen) atoms. The molecule has 0 spiro atoms. The second-order valence-corrected chi connectivity index (χ2v) is 5.40. The molecule has 0 amide bonds. The van der Waals surface area contributed by atoms with Gasteiger partial charge in [0.1, 0.15) is 18.1 Å². The first kappa shape index (κ1) is 15.9. The fourth-order valence-corrected chi connectivity index (χ4v) is 2.50. The number of aromatic nitrogens is 2. The van der Waals surface area contributed by atoms with E-state index in [0.717, 1.165) is 35.4 Å². The lowest BCUT2D eigenvalue weighted by Gasteiger charge is -2.08. The maximum absolute atomic E-state index is 10.8. The first-order valence-corrected chi connectivity index (χ1v) is 7.81. The number of nitrogens with one attached hydrogen (secondary N) is 1. The maximum atomic E-state index is 10.8. The average molecular weight is 325 g/mol. The van der Waals surface area contributed by atoms with Gasteiger partial charge in [0.25, 0.3) is 0 Å². The third-order valence-corrected chi connectivity index (χ3v) is 3.61. The van der Waals surface area contributed by atoms with Crippen molar-refractivity contribution in [3.8, 4) is 5.75 Å². The summed E-state index contributed by atoms with van der Waals surface area (Å²) in [7, 11) is 0. The van der Waals surface area contributed by atoms with Crippen LogP contribution in [0.3, 0.4) is 0 Å². The highest BCUT2D eigenvalue weighted by atomic mass is 16.5.